The molecule has 2 rings (SSSR count). The van der Waals surface area contributed by atoms with E-state index in [1.165, 1.54) is 0 Å². The number of carbonyl (C=O) groups is 3. The topological polar surface area (TPSA) is 80.5 Å². The molecule has 0 aliphatic carbocycles. The van der Waals surface area contributed by atoms with Gasteiger partial charge >= 0.3 is 0 Å². The number of primary amides is 1. The number of ketones is 1. The first kappa shape index (κ1) is 13.7. The van der Waals surface area contributed by atoms with Gasteiger partial charge in [-0.2, -0.15) is 0 Å². The van der Waals surface area contributed by atoms with Crippen LogP contribution < -0.4 is 10.6 Å². The Kier molecular flexibility index (Phi) is 3.40. The molecule has 1 aliphatic heterocycles. The fourth-order valence-electron chi connectivity index (χ4n) is 1.89. The van der Waals surface area contributed by atoms with Crippen LogP contribution in [0.5, 0.6) is 0 Å². The molecular weight excluding hydrogens is 319 g/mol. The first-order chi connectivity index (χ1) is 8.82. The van der Waals surface area contributed by atoms with E-state index in [2.05, 4.69) is 15.9 Å². The molecule has 2 amide bonds. The summed E-state index contributed by atoms with van der Waals surface area (Å²) in [5, 5.41) is 0. The van der Waals surface area contributed by atoms with Crippen molar-refractivity contribution in [1.82, 2.24) is 0 Å². The van der Waals surface area contributed by atoms with Crippen molar-refractivity contribution in [1.29, 1.82) is 0 Å². The van der Waals surface area contributed by atoms with Gasteiger partial charge in [-0.15, -0.1) is 0 Å². The zero-order valence-electron chi connectivity index (χ0n) is 9.94. The lowest BCUT2D eigenvalue weighted by molar-refractivity contribution is -0.121. The number of benzene rings is 1. The summed E-state index contributed by atoms with van der Waals surface area (Å²) in [4.78, 5) is 35.8. The third kappa shape index (κ3) is 2.25. The van der Waals surface area contributed by atoms with E-state index in [1.807, 2.05) is 0 Å². The number of Topliss-reactive ketones (excluding diaryl/α,β-unsaturated/α-hetero) is 1. The Labute approximate surface area is 116 Å². The monoisotopic (exact) mass is 328 g/mol. The summed E-state index contributed by atoms with van der Waals surface area (Å²) in [6.07, 6.45) is 0. The van der Waals surface area contributed by atoms with Gasteiger partial charge in [0, 0.05) is 11.0 Å². The van der Waals surface area contributed by atoms with Crippen LogP contribution in [0.2, 0.25) is 0 Å². The van der Waals surface area contributed by atoms with Crippen molar-refractivity contribution in [3.63, 3.8) is 0 Å². The van der Waals surface area contributed by atoms with Crippen molar-refractivity contribution in [2.24, 2.45) is 11.7 Å². The molecule has 7 heteroatoms. The fraction of sp³-hybridized carbons (Fsp3) is 0.250. The molecule has 0 radical (unpaired) electrons. The molecule has 1 unspecified atom stereocenters. The maximum absolute atomic E-state index is 13.3. The normalized spacial score (nSPS) is 15.6. The van der Waals surface area contributed by atoms with Gasteiger partial charge in [-0.05, 0) is 28.1 Å². The third-order valence-electron chi connectivity index (χ3n) is 2.92. The SMILES string of the molecule is CC(CN1C(=O)C(=O)c2cc(F)cc(Br)c21)C(N)=O. The van der Waals surface area contributed by atoms with Gasteiger partial charge in [-0.3, -0.25) is 14.4 Å². The number of hydrogen-bond acceptors (Lipinski definition) is 3. The van der Waals surface area contributed by atoms with E-state index in [1.54, 1.807) is 6.92 Å². The van der Waals surface area contributed by atoms with Crippen LogP contribution in [0.1, 0.15) is 17.3 Å². The first-order valence-corrected chi connectivity index (χ1v) is 6.26. The van der Waals surface area contributed by atoms with Crippen LogP contribution >= 0.6 is 15.9 Å². The predicted octanol–water partition coefficient (Wildman–Crippen LogP) is 1.24. The molecule has 100 valence electrons. The summed E-state index contributed by atoms with van der Waals surface area (Å²) in [5.41, 5.74) is 5.42. The number of rotatable bonds is 3. The van der Waals surface area contributed by atoms with Crippen LogP contribution in [-0.4, -0.2) is 24.1 Å². The molecule has 19 heavy (non-hydrogen) atoms. The van der Waals surface area contributed by atoms with Gasteiger partial charge < -0.3 is 10.6 Å². The van der Waals surface area contributed by atoms with Gasteiger partial charge in [0.2, 0.25) is 5.91 Å². The van der Waals surface area contributed by atoms with Gasteiger partial charge in [-0.1, -0.05) is 6.92 Å². The molecule has 0 saturated heterocycles. The summed E-state index contributed by atoms with van der Waals surface area (Å²) in [6, 6.07) is 2.17. The van der Waals surface area contributed by atoms with Crippen LogP contribution in [0.15, 0.2) is 16.6 Å². The minimum absolute atomic E-state index is 0.00598. The summed E-state index contributed by atoms with van der Waals surface area (Å²) in [7, 11) is 0. The highest BCUT2D eigenvalue weighted by atomic mass is 79.9. The summed E-state index contributed by atoms with van der Waals surface area (Å²) in [6.45, 7) is 1.53. The first-order valence-electron chi connectivity index (χ1n) is 5.47. The van der Waals surface area contributed by atoms with Crippen LogP contribution in [0.3, 0.4) is 0 Å². The number of nitrogens with zero attached hydrogens (tertiary/aromatic N) is 1. The zero-order chi connectivity index (χ0) is 14.3. The Balaban J connectivity index is 2.47. The van der Waals surface area contributed by atoms with Crippen LogP contribution in [-0.2, 0) is 9.59 Å². The molecule has 0 fully saturated rings. The minimum Gasteiger partial charge on any atom is -0.369 e. The van der Waals surface area contributed by atoms with E-state index in [0.717, 1.165) is 17.0 Å². The highest BCUT2D eigenvalue weighted by Gasteiger charge is 2.38. The number of amides is 2. The molecule has 2 N–H and O–H groups in total. The minimum atomic E-state index is -0.785. The average molecular weight is 329 g/mol. The molecule has 1 atom stereocenters. The van der Waals surface area contributed by atoms with E-state index in [0.29, 0.717) is 4.47 Å². The second-order valence-electron chi connectivity index (χ2n) is 4.33. The van der Waals surface area contributed by atoms with Crippen molar-refractivity contribution < 1.29 is 18.8 Å². The highest BCUT2D eigenvalue weighted by molar-refractivity contribution is 9.10. The van der Waals surface area contributed by atoms with Crippen LogP contribution in [0.4, 0.5) is 10.1 Å². The van der Waals surface area contributed by atoms with Gasteiger partial charge in [0.05, 0.1) is 17.2 Å². The summed E-state index contributed by atoms with van der Waals surface area (Å²) in [5.74, 6) is -3.37. The van der Waals surface area contributed by atoms with Gasteiger partial charge in [0.1, 0.15) is 5.82 Å². The number of halogens is 2. The number of fused-ring (bicyclic) bond motifs is 1. The third-order valence-corrected chi connectivity index (χ3v) is 3.53. The Bertz CT molecular complexity index is 603. The van der Waals surface area contributed by atoms with Gasteiger partial charge in [0.15, 0.2) is 0 Å². The molecule has 0 bridgehead atoms. The molecule has 0 spiro atoms. The maximum Gasteiger partial charge on any atom is 0.299 e. The van der Waals surface area contributed by atoms with E-state index < -0.39 is 29.3 Å². The Morgan fingerprint density at radius 1 is 1.47 bits per heavy atom. The lowest BCUT2D eigenvalue weighted by Gasteiger charge is -2.20. The molecule has 1 aromatic rings. The molecular formula is C12H10BrFN2O3. The Morgan fingerprint density at radius 2 is 2.11 bits per heavy atom. The molecule has 0 aromatic heterocycles. The summed E-state index contributed by atoms with van der Waals surface area (Å²) >= 11 is 3.12. The number of nitrogens with two attached hydrogens (primary N) is 1. The molecule has 5 nitrogen and oxygen atoms in total. The molecule has 1 heterocycles. The summed E-state index contributed by atoms with van der Waals surface area (Å²) < 4.78 is 13.5. The Morgan fingerprint density at radius 3 is 2.68 bits per heavy atom. The van der Waals surface area contributed by atoms with E-state index >= 15 is 0 Å². The highest BCUT2D eigenvalue weighted by Crippen LogP contribution is 2.37. The average Bonchev–Trinajstić information content (AvgIpc) is 2.54. The Hall–Kier alpha value is -1.76. The van der Waals surface area contributed by atoms with E-state index in [-0.39, 0.29) is 17.8 Å². The largest absolute Gasteiger partial charge is 0.369 e. The number of anilines is 1. The molecule has 1 aromatic carbocycles. The number of carbonyl (C=O) groups excluding carboxylic acids is 3. The maximum atomic E-state index is 13.3. The standard InChI is InChI=1S/C12H10BrFN2O3/c1-5(11(15)18)4-16-9-7(10(17)12(16)19)2-6(14)3-8(9)13/h2-3,5H,4H2,1H3,(H2,15,18). The van der Waals surface area contributed by atoms with Gasteiger partial charge in [-0.25, -0.2) is 4.39 Å². The van der Waals surface area contributed by atoms with Crippen LogP contribution in [0.25, 0.3) is 0 Å². The van der Waals surface area contributed by atoms with Crippen molar-refractivity contribution in [3.05, 3.63) is 28.0 Å². The molecule has 1 aliphatic rings. The lowest BCUT2D eigenvalue weighted by Crippen LogP contribution is -2.38. The molecule has 0 saturated carbocycles. The lowest BCUT2D eigenvalue weighted by atomic mass is 10.1. The van der Waals surface area contributed by atoms with E-state index in [9.17, 15) is 18.8 Å². The number of hydrogen-bond donors (Lipinski definition) is 1. The van der Waals surface area contributed by atoms with E-state index in [4.69, 9.17) is 5.73 Å². The fourth-order valence-corrected chi connectivity index (χ4v) is 2.54. The van der Waals surface area contributed by atoms with Crippen molar-refractivity contribution >= 4 is 39.2 Å². The second kappa shape index (κ2) is 4.73. The van der Waals surface area contributed by atoms with Crippen molar-refractivity contribution in [3.8, 4) is 0 Å². The van der Waals surface area contributed by atoms with Crippen molar-refractivity contribution in [2.45, 2.75) is 6.92 Å². The van der Waals surface area contributed by atoms with Crippen molar-refractivity contribution in [2.75, 3.05) is 11.4 Å². The second-order valence-corrected chi connectivity index (χ2v) is 5.19. The smallest absolute Gasteiger partial charge is 0.299 e. The predicted molar refractivity (Wildman–Crippen MR) is 69.1 cm³/mol. The van der Waals surface area contributed by atoms with Gasteiger partial charge in [0.25, 0.3) is 11.7 Å². The quantitative estimate of drug-likeness (QED) is 0.847. The van der Waals surface area contributed by atoms with Crippen LogP contribution in [0, 0.1) is 11.7 Å². The zero-order valence-corrected chi connectivity index (χ0v) is 11.5.